The summed E-state index contributed by atoms with van der Waals surface area (Å²) in [5.74, 6) is 0.945. The van der Waals surface area contributed by atoms with E-state index in [1.807, 2.05) is 32.9 Å². The smallest absolute Gasteiger partial charge is 0.229 e. The Labute approximate surface area is 117 Å². The van der Waals surface area contributed by atoms with Gasteiger partial charge in [0, 0.05) is 10.6 Å². The van der Waals surface area contributed by atoms with Gasteiger partial charge in [0.25, 0.3) is 0 Å². The van der Waals surface area contributed by atoms with Crippen molar-refractivity contribution in [1.29, 1.82) is 0 Å². The number of aliphatic hydroxyl groups excluding tert-OH is 1. The Kier molecular flexibility index (Phi) is 3.92. The van der Waals surface area contributed by atoms with E-state index in [9.17, 15) is 5.11 Å². The lowest BCUT2D eigenvalue weighted by molar-refractivity contribution is 0.0565. The fourth-order valence-corrected chi connectivity index (χ4v) is 1.65. The lowest BCUT2D eigenvalue weighted by Gasteiger charge is -2.24. The van der Waals surface area contributed by atoms with Crippen LogP contribution in [0.1, 0.15) is 26.7 Å². The molecule has 0 saturated heterocycles. The molecule has 0 spiro atoms. The average Bonchev–Trinajstić information content (AvgIpc) is 2.77. The topological polar surface area (TPSA) is 59.2 Å². The summed E-state index contributed by atoms with van der Waals surface area (Å²) in [5.41, 5.74) is 0.624. The molecule has 0 fully saturated rings. The summed E-state index contributed by atoms with van der Waals surface area (Å²) in [6.07, 6.45) is -0.171. The first-order valence-electron chi connectivity index (χ1n) is 6.13. The van der Waals surface area contributed by atoms with Crippen LogP contribution in [0.4, 0.5) is 0 Å². The highest BCUT2D eigenvalue weighted by Gasteiger charge is 2.24. The normalized spacial score (nSPS) is 13.5. The van der Waals surface area contributed by atoms with Crippen molar-refractivity contribution >= 4 is 11.6 Å². The molecule has 1 N–H and O–H groups in total. The number of hydrogen-bond acceptors (Lipinski definition) is 4. The van der Waals surface area contributed by atoms with E-state index in [4.69, 9.17) is 16.1 Å². The van der Waals surface area contributed by atoms with E-state index in [2.05, 4.69) is 10.1 Å². The molecule has 2 rings (SSSR count). The molecule has 5 heteroatoms. The van der Waals surface area contributed by atoms with Crippen LogP contribution in [0.5, 0.6) is 0 Å². The molecule has 1 aromatic carbocycles. The average molecular weight is 281 g/mol. The molecular weight excluding hydrogens is 264 g/mol. The first-order valence-corrected chi connectivity index (χ1v) is 6.50. The van der Waals surface area contributed by atoms with Crippen molar-refractivity contribution in [3.05, 3.63) is 35.2 Å². The summed E-state index contributed by atoms with van der Waals surface area (Å²) in [6, 6.07) is 7.21. The number of benzene rings is 1. The molecule has 102 valence electrons. The second kappa shape index (κ2) is 5.31. The van der Waals surface area contributed by atoms with Gasteiger partial charge in [-0.2, -0.15) is 4.98 Å². The van der Waals surface area contributed by atoms with Crippen molar-refractivity contribution in [3.63, 3.8) is 0 Å². The minimum absolute atomic E-state index is 0.213. The first kappa shape index (κ1) is 14.0. The van der Waals surface area contributed by atoms with Crippen LogP contribution in [0.15, 0.2) is 28.8 Å². The maximum atomic E-state index is 10.0. The van der Waals surface area contributed by atoms with Gasteiger partial charge in [-0.1, -0.05) is 37.5 Å². The summed E-state index contributed by atoms with van der Waals surface area (Å²) in [6.45, 7) is 5.90. The Morgan fingerprint density at radius 2 is 1.89 bits per heavy atom. The molecule has 0 bridgehead atoms. The monoisotopic (exact) mass is 280 g/mol. The molecule has 0 radical (unpaired) electrons. The summed E-state index contributed by atoms with van der Waals surface area (Å²) in [7, 11) is 0. The van der Waals surface area contributed by atoms with Crippen LogP contribution in [0.3, 0.4) is 0 Å². The zero-order chi connectivity index (χ0) is 14.0. The molecule has 1 atom stereocenters. The van der Waals surface area contributed by atoms with Gasteiger partial charge in [-0.3, -0.25) is 0 Å². The lowest BCUT2D eigenvalue weighted by Crippen LogP contribution is -2.28. The minimum atomic E-state index is -0.522. The second-order valence-electron chi connectivity index (χ2n) is 5.60. The maximum Gasteiger partial charge on any atom is 0.229 e. The van der Waals surface area contributed by atoms with Crippen LogP contribution in [0.2, 0.25) is 5.02 Å². The number of hydrogen-bond donors (Lipinski definition) is 1. The molecule has 4 nitrogen and oxygen atoms in total. The highest BCUT2D eigenvalue weighted by molar-refractivity contribution is 6.30. The van der Waals surface area contributed by atoms with Crippen molar-refractivity contribution in [2.75, 3.05) is 0 Å². The van der Waals surface area contributed by atoms with Crippen LogP contribution in [0.25, 0.3) is 11.4 Å². The van der Waals surface area contributed by atoms with Crippen LogP contribution < -0.4 is 0 Å². The van der Waals surface area contributed by atoms with Gasteiger partial charge in [0.1, 0.15) is 0 Å². The molecule has 2 aromatic rings. The third-order valence-electron chi connectivity index (χ3n) is 2.94. The highest BCUT2D eigenvalue weighted by atomic mass is 35.5. The number of halogens is 1. The van der Waals surface area contributed by atoms with Gasteiger partial charge in [0.15, 0.2) is 0 Å². The quantitative estimate of drug-likeness (QED) is 0.937. The molecule has 1 aromatic heterocycles. The maximum absolute atomic E-state index is 10.0. The van der Waals surface area contributed by atoms with Crippen molar-refractivity contribution < 1.29 is 9.63 Å². The van der Waals surface area contributed by atoms with Gasteiger partial charge < -0.3 is 9.63 Å². The van der Waals surface area contributed by atoms with E-state index in [0.717, 1.165) is 5.56 Å². The highest BCUT2D eigenvalue weighted by Crippen LogP contribution is 2.23. The lowest BCUT2D eigenvalue weighted by atomic mass is 9.87. The molecule has 19 heavy (non-hydrogen) atoms. The van der Waals surface area contributed by atoms with Crippen LogP contribution in [-0.4, -0.2) is 21.4 Å². The van der Waals surface area contributed by atoms with Crippen molar-refractivity contribution in [3.8, 4) is 11.4 Å². The standard InChI is InChI=1S/C14H17ClN2O2/c1-14(2,3)11(18)8-12-16-13(17-19-12)9-4-6-10(15)7-5-9/h4-7,11,18H,8H2,1-3H3. The second-order valence-corrected chi connectivity index (χ2v) is 6.04. The number of aromatic nitrogens is 2. The zero-order valence-corrected chi connectivity index (χ0v) is 12.0. The molecule has 0 amide bonds. The first-order chi connectivity index (χ1) is 8.86. The van der Waals surface area contributed by atoms with E-state index in [-0.39, 0.29) is 5.41 Å². The largest absolute Gasteiger partial charge is 0.392 e. The molecule has 0 aliphatic rings. The molecule has 1 heterocycles. The predicted molar refractivity (Wildman–Crippen MR) is 73.9 cm³/mol. The van der Waals surface area contributed by atoms with Gasteiger partial charge in [-0.15, -0.1) is 0 Å². The summed E-state index contributed by atoms with van der Waals surface area (Å²) in [4.78, 5) is 4.28. The van der Waals surface area contributed by atoms with Gasteiger partial charge in [-0.25, -0.2) is 0 Å². The van der Waals surface area contributed by atoms with Crippen molar-refractivity contribution in [1.82, 2.24) is 10.1 Å². The Morgan fingerprint density at radius 3 is 2.47 bits per heavy atom. The van der Waals surface area contributed by atoms with Gasteiger partial charge >= 0.3 is 0 Å². The Balaban J connectivity index is 2.13. The Bertz CT molecular complexity index is 543. The fraction of sp³-hybridized carbons (Fsp3) is 0.429. The van der Waals surface area contributed by atoms with E-state index in [0.29, 0.717) is 23.2 Å². The van der Waals surface area contributed by atoms with Gasteiger partial charge in [0.05, 0.1) is 12.5 Å². The summed E-state index contributed by atoms with van der Waals surface area (Å²) in [5, 5.41) is 14.6. The van der Waals surface area contributed by atoms with E-state index >= 15 is 0 Å². The van der Waals surface area contributed by atoms with Crippen LogP contribution >= 0.6 is 11.6 Å². The SMILES string of the molecule is CC(C)(C)C(O)Cc1nc(-c2ccc(Cl)cc2)no1. The zero-order valence-electron chi connectivity index (χ0n) is 11.2. The van der Waals surface area contributed by atoms with Crippen molar-refractivity contribution in [2.45, 2.75) is 33.3 Å². The third kappa shape index (κ3) is 3.55. The van der Waals surface area contributed by atoms with Crippen LogP contribution in [-0.2, 0) is 6.42 Å². The summed E-state index contributed by atoms with van der Waals surface area (Å²) >= 11 is 5.83. The van der Waals surface area contributed by atoms with E-state index < -0.39 is 6.10 Å². The number of rotatable bonds is 3. The Hall–Kier alpha value is -1.39. The van der Waals surface area contributed by atoms with Gasteiger partial charge in [-0.05, 0) is 29.7 Å². The minimum Gasteiger partial charge on any atom is -0.392 e. The molecule has 0 aliphatic heterocycles. The van der Waals surface area contributed by atoms with E-state index in [1.54, 1.807) is 12.1 Å². The molecular formula is C14H17ClN2O2. The molecule has 0 aliphatic carbocycles. The summed E-state index contributed by atoms with van der Waals surface area (Å²) < 4.78 is 5.16. The van der Waals surface area contributed by atoms with Crippen LogP contribution in [0, 0.1) is 5.41 Å². The fourth-order valence-electron chi connectivity index (χ4n) is 1.53. The molecule has 1 unspecified atom stereocenters. The van der Waals surface area contributed by atoms with Gasteiger partial charge in [0.2, 0.25) is 11.7 Å². The molecule has 0 saturated carbocycles. The third-order valence-corrected chi connectivity index (χ3v) is 3.19. The number of nitrogens with zero attached hydrogens (tertiary/aromatic N) is 2. The van der Waals surface area contributed by atoms with E-state index in [1.165, 1.54) is 0 Å². The predicted octanol–water partition coefficient (Wildman–Crippen LogP) is 3.34. The van der Waals surface area contributed by atoms with Crippen molar-refractivity contribution in [2.24, 2.45) is 5.41 Å². The Morgan fingerprint density at radius 1 is 1.26 bits per heavy atom. The number of aliphatic hydroxyl groups is 1.